The molecule has 0 fully saturated rings. The number of aliphatic carboxylic acids is 2. The van der Waals surface area contributed by atoms with Crippen LogP contribution in [0.4, 0.5) is 4.39 Å². The third-order valence-electron chi connectivity index (χ3n) is 2.20. The molecule has 0 bridgehead atoms. The standard InChI is InChI=1S/C13H11FO4/c1-8(6-12(15)16)10(13(17)18)7-9-4-2-3-5-11(9)14/h2-7H,1H3,(H,15,16)(H,17,18). The number of hydrogen-bond donors (Lipinski definition) is 2. The molecule has 0 aliphatic rings. The lowest BCUT2D eigenvalue weighted by Gasteiger charge is -2.03. The van der Waals surface area contributed by atoms with Crippen LogP contribution < -0.4 is 0 Å². The summed E-state index contributed by atoms with van der Waals surface area (Å²) in [6.45, 7) is 1.34. The van der Waals surface area contributed by atoms with E-state index in [0.29, 0.717) is 0 Å². The Balaban J connectivity index is 3.26. The summed E-state index contributed by atoms with van der Waals surface area (Å²) in [4.78, 5) is 21.5. The molecule has 0 spiro atoms. The highest BCUT2D eigenvalue weighted by Gasteiger charge is 2.12. The molecule has 0 heterocycles. The average Bonchev–Trinajstić information content (AvgIpc) is 2.26. The summed E-state index contributed by atoms with van der Waals surface area (Å²) in [7, 11) is 0. The molecule has 4 nitrogen and oxygen atoms in total. The van der Waals surface area contributed by atoms with Crippen LogP contribution in [0.5, 0.6) is 0 Å². The Bertz CT molecular complexity index is 544. The maximum Gasteiger partial charge on any atom is 0.335 e. The van der Waals surface area contributed by atoms with Crippen molar-refractivity contribution in [3.05, 3.63) is 52.9 Å². The Labute approximate surface area is 103 Å². The molecule has 1 rings (SSSR count). The topological polar surface area (TPSA) is 74.6 Å². The number of carboxylic acid groups (broad SMARTS) is 2. The van der Waals surface area contributed by atoms with Crippen LogP contribution in [0.15, 0.2) is 41.5 Å². The summed E-state index contributed by atoms with van der Waals surface area (Å²) in [5.41, 5.74) is -0.131. The van der Waals surface area contributed by atoms with Gasteiger partial charge in [0.25, 0.3) is 0 Å². The lowest BCUT2D eigenvalue weighted by atomic mass is 10.0. The Morgan fingerprint density at radius 1 is 1.22 bits per heavy atom. The van der Waals surface area contributed by atoms with Gasteiger partial charge >= 0.3 is 11.9 Å². The molecule has 18 heavy (non-hydrogen) atoms. The van der Waals surface area contributed by atoms with E-state index in [2.05, 4.69) is 0 Å². The van der Waals surface area contributed by atoms with E-state index >= 15 is 0 Å². The molecule has 0 radical (unpaired) electrons. The van der Waals surface area contributed by atoms with E-state index in [1.54, 1.807) is 6.07 Å². The highest BCUT2D eigenvalue weighted by molar-refractivity contribution is 5.99. The summed E-state index contributed by atoms with van der Waals surface area (Å²) in [6, 6.07) is 5.64. The maximum atomic E-state index is 13.4. The van der Waals surface area contributed by atoms with E-state index in [4.69, 9.17) is 10.2 Å². The molecule has 2 N–H and O–H groups in total. The monoisotopic (exact) mass is 250 g/mol. The molecule has 0 saturated heterocycles. The predicted octanol–water partition coefficient (Wildman–Crippen LogP) is 2.32. The van der Waals surface area contributed by atoms with Crippen LogP contribution in [0.1, 0.15) is 12.5 Å². The van der Waals surface area contributed by atoms with Crippen molar-refractivity contribution < 1.29 is 24.2 Å². The van der Waals surface area contributed by atoms with Crippen LogP contribution in [0.2, 0.25) is 0 Å². The largest absolute Gasteiger partial charge is 0.478 e. The average molecular weight is 250 g/mol. The Morgan fingerprint density at radius 2 is 1.83 bits per heavy atom. The summed E-state index contributed by atoms with van der Waals surface area (Å²) < 4.78 is 13.4. The lowest BCUT2D eigenvalue weighted by molar-refractivity contribution is -0.132. The maximum absolute atomic E-state index is 13.4. The smallest absolute Gasteiger partial charge is 0.335 e. The van der Waals surface area contributed by atoms with Crippen LogP contribution in [0, 0.1) is 5.82 Å². The van der Waals surface area contributed by atoms with Crippen molar-refractivity contribution in [2.75, 3.05) is 0 Å². The van der Waals surface area contributed by atoms with Gasteiger partial charge in [0.1, 0.15) is 5.82 Å². The van der Waals surface area contributed by atoms with Crippen LogP contribution in [0.3, 0.4) is 0 Å². The fraction of sp³-hybridized carbons (Fsp3) is 0.0769. The van der Waals surface area contributed by atoms with Crippen molar-refractivity contribution in [1.29, 1.82) is 0 Å². The highest BCUT2D eigenvalue weighted by Crippen LogP contribution is 2.17. The van der Waals surface area contributed by atoms with Crippen LogP contribution in [0.25, 0.3) is 6.08 Å². The Kier molecular flexibility index (Phi) is 4.37. The first-order valence-electron chi connectivity index (χ1n) is 5.03. The van der Waals surface area contributed by atoms with Gasteiger partial charge in [0.05, 0.1) is 5.57 Å². The second-order valence-electron chi connectivity index (χ2n) is 3.55. The lowest BCUT2D eigenvalue weighted by Crippen LogP contribution is -2.04. The second-order valence-corrected chi connectivity index (χ2v) is 3.55. The Morgan fingerprint density at radius 3 is 2.33 bits per heavy atom. The number of carbonyl (C=O) groups is 2. The van der Waals surface area contributed by atoms with Crippen molar-refractivity contribution >= 4 is 18.0 Å². The molecule has 0 unspecified atom stereocenters. The second kappa shape index (κ2) is 5.77. The van der Waals surface area contributed by atoms with Crippen molar-refractivity contribution in [3.8, 4) is 0 Å². The molecule has 0 aliphatic carbocycles. The molecule has 0 atom stereocenters. The fourth-order valence-electron chi connectivity index (χ4n) is 1.35. The van der Waals surface area contributed by atoms with Crippen molar-refractivity contribution in [2.45, 2.75) is 6.92 Å². The number of rotatable bonds is 4. The molecule has 94 valence electrons. The van der Waals surface area contributed by atoms with Crippen molar-refractivity contribution in [1.82, 2.24) is 0 Å². The van der Waals surface area contributed by atoms with Gasteiger partial charge in [0, 0.05) is 11.6 Å². The summed E-state index contributed by atoms with van der Waals surface area (Å²) in [6.07, 6.45) is 1.87. The summed E-state index contributed by atoms with van der Waals surface area (Å²) in [5.74, 6) is -3.14. The zero-order valence-electron chi connectivity index (χ0n) is 9.55. The van der Waals surface area contributed by atoms with Crippen LogP contribution in [-0.2, 0) is 9.59 Å². The van der Waals surface area contributed by atoms with Gasteiger partial charge in [0.2, 0.25) is 0 Å². The van der Waals surface area contributed by atoms with Gasteiger partial charge in [-0.05, 0) is 24.6 Å². The van der Waals surface area contributed by atoms with Crippen molar-refractivity contribution in [3.63, 3.8) is 0 Å². The molecule has 5 heteroatoms. The number of benzene rings is 1. The minimum absolute atomic E-state index is 0.0400. The first-order chi connectivity index (χ1) is 8.41. The summed E-state index contributed by atoms with van der Waals surface area (Å²) in [5, 5.41) is 17.5. The van der Waals surface area contributed by atoms with Gasteiger partial charge in [-0.1, -0.05) is 18.2 Å². The van der Waals surface area contributed by atoms with E-state index in [1.807, 2.05) is 0 Å². The number of carboxylic acids is 2. The van der Waals surface area contributed by atoms with E-state index in [-0.39, 0.29) is 16.7 Å². The van der Waals surface area contributed by atoms with Gasteiger partial charge in [-0.2, -0.15) is 0 Å². The predicted molar refractivity (Wildman–Crippen MR) is 63.4 cm³/mol. The van der Waals surface area contributed by atoms with Gasteiger partial charge < -0.3 is 10.2 Å². The minimum atomic E-state index is -1.31. The zero-order chi connectivity index (χ0) is 13.7. The molecule has 1 aromatic rings. The quantitative estimate of drug-likeness (QED) is 0.635. The molecule has 0 aromatic heterocycles. The van der Waals surface area contributed by atoms with Gasteiger partial charge in [-0.25, -0.2) is 14.0 Å². The molecular weight excluding hydrogens is 239 g/mol. The summed E-state index contributed by atoms with van der Waals surface area (Å²) >= 11 is 0. The number of halogens is 1. The highest BCUT2D eigenvalue weighted by atomic mass is 19.1. The van der Waals surface area contributed by atoms with E-state index in [1.165, 1.54) is 25.1 Å². The van der Waals surface area contributed by atoms with Gasteiger partial charge in [-0.15, -0.1) is 0 Å². The van der Waals surface area contributed by atoms with Crippen LogP contribution in [-0.4, -0.2) is 22.2 Å². The van der Waals surface area contributed by atoms with Crippen molar-refractivity contribution in [2.24, 2.45) is 0 Å². The first kappa shape index (κ1) is 13.6. The van der Waals surface area contributed by atoms with E-state index in [9.17, 15) is 14.0 Å². The first-order valence-corrected chi connectivity index (χ1v) is 5.03. The molecule has 0 amide bonds. The van der Waals surface area contributed by atoms with E-state index < -0.39 is 17.8 Å². The van der Waals surface area contributed by atoms with Gasteiger partial charge in [0.15, 0.2) is 0 Å². The minimum Gasteiger partial charge on any atom is -0.478 e. The van der Waals surface area contributed by atoms with Gasteiger partial charge in [-0.3, -0.25) is 0 Å². The molecule has 0 aliphatic heterocycles. The molecule has 1 aromatic carbocycles. The number of hydrogen-bond acceptors (Lipinski definition) is 2. The fourth-order valence-corrected chi connectivity index (χ4v) is 1.35. The third-order valence-corrected chi connectivity index (χ3v) is 2.20. The molecular formula is C13H11FO4. The van der Waals surface area contributed by atoms with Crippen LogP contribution >= 0.6 is 0 Å². The SMILES string of the molecule is CC(=CC(=O)O)C(=Cc1ccccc1F)C(=O)O. The van der Waals surface area contributed by atoms with E-state index in [0.717, 1.165) is 12.2 Å². The molecule has 0 saturated carbocycles. The normalized spacial score (nSPS) is 12.3. The Hall–Kier alpha value is -2.43. The zero-order valence-corrected chi connectivity index (χ0v) is 9.55. The third kappa shape index (κ3) is 3.55.